The minimum absolute atomic E-state index is 0.100. The molecule has 0 radical (unpaired) electrons. The lowest BCUT2D eigenvalue weighted by Gasteiger charge is -2.58. The topological polar surface area (TPSA) is 46.5 Å². The van der Waals surface area contributed by atoms with Crippen LogP contribution < -0.4 is 0 Å². The van der Waals surface area contributed by atoms with Gasteiger partial charge in [-0.25, -0.2) is 4.79 Å². The first kappa shape index (κ1) is 16.8. The maximum atomic E-state index is 11.7. The van der Waals surface area contributed by atoms with Crippen molar-refractivity contribution in [2.75, 3.05) is 6.61 Å². The molecular formula is C20H30O3. The number of carbonyl (C=O) groups is 1. The first-order valence-corrected chi connectivity index (χ1v) is 8.98. The van der Waals surface area contributed by atoms with Gasteiger partial charge in [-0.2, -0.15) is 0 Å². The van der Waals surface area contributed by atoms with Crippen molar-refractivity contribution in [2.24, 2.45) is 22.7 Å². The van der Waals surface area contributed by atoms with E-state index in [2.05, 4.69) is 27.4 Å². The van der Waals surface area contributed by atoms with Gasteiger partial charge >= 0.3 is 5.97 Å². The molecule has 3 aliphatic rings. The fourth-order valence-electron chi connectivity index (χ4n) is 5.64. The SMILES string of the molecule is C=C1CCC2C(C)(C)CCC[C@]2(C)C1CC=C1C(=O)OCC1O. The average Bonchev–Trinajstić information content (AvgIpc) is 2.77. The summed E-state index contributed by atoms with van der Waals surface area (Å²) in [5.41, 5.74) is 2.39. The number of rotatable bonds is 2. The maximum Gasteiger partial charge on any atom is 0.336 e. The molecule has 3 rings (SSSR count). The molecule has 2 aliphatic carbocycles. The van der Waals surface area contributed by atoms with Crippen molar-refractivity contribution in [1.29, 1.82) is 0 Å². The first-order valence-electron chi connectivity index (χ1n) is 8.98. The third-order valence-electron chi connectivity index (χ3n) is 6.86. The Morgan fingerprint density at radius 1 is 1.35 bits per heavy atom. The second-order valence-electron chi connectivity index (χ2n) is 8.66. The second kappa shape index (κ2) is 5.77. The lowest BCUT2D eigenvalue weighted by atomic mass is 9.47. The highest BCUT2D eigenvalue weighted by Crippen LogP contribution is 2.61. The van der Waals surface area contributed by atoms with Crippen LogP contribution in [-0.2, 0) is 9.53 Å². The Hall–Kier alpha value is -1.09. The fraction of sp³-hybridized carbons (Fsp3) is 0.750. The zero-order valence-electron chi connectivity index (χ0n) is 14.7. The van der Waals surface area contributed by atoms with E-state index in [0.717, 1.165) is 12.8 Å². The minimum atomic E-state index is -0.759. The van der Waals surface area contributed by atoms with Gasteiger partial charge in [0.15, 0.2) is 0 Å². The van der Waals surface area contributed by atoms with Crippen LogP contribution in [0.1, 0.15) is 59.3 Å². The molecule has 3 nitrogen and oxygen atoms in total. The van der Waals surface area contributed by atoms with Gasteiger partial charge in [-0.15, -0.1) is 0 Å². The molecule has 1 heterocycles. The predicted octanol–water partition coefficient (Wildman–Crippen LogP) is 4.02. The van der Waals surface area contributed by atoms with E-state index in [1.54, 1.807) is 0 Å². The number of ether oxygens (including phenoxy) is 1. The van der Waals surface area contributed by atoms with Crippen LogP contribution in [0.25, 0.3) is 0 Å². The van der Waals surface area contributed by atoms with E-state index in [1.165, 1.54) is 31.3 Å². The number of allylic oxidation sites excluding steroid dienone is 2. The summed E-state index contributed by atoms with van der Waals surface area (Å²) in [6.07, 6.45) is 8.09. The summed E-state index contributed by atoms with van der Waals surface area (Å²) < 4.78 is 4.93. The van der Waals surface area contributed by atoms with Gasteiger partial charge in [0.05, 0.1) is 5.57 Å². The summed E-state index contributed by atoms with van der Waals surface area (Å²) in [6, 6.07) is 0. The third-order valence-corrected chi connectivity index (χ3v) is 6.86. The normalized spacial score (nSPS) is 41.7. The molecule has 128 valence electrons. The smallest absolute Gasteiger partial charge is 0.336 e. The van der Waals surface area contributed by atoms with Gasteiger partial charge in [0.1, 0.15) is 12.7 Å². The Morgan fingerprint density at radius 3 is 2.74 bits per heavy atom. The molecule has 1 saturated heterocycles. The van der Waals surface area contributed by atoms with E-state index < -0.39 is 6.10 Å². The predicted molar refractivity (Wildman–Crippen MR) is 90.8 cm³/mol. The Kier molecular flexibility index (Phi) is 4.20. The highest BCUT2D eigenvalue weighted by Gasteiger charge is 2.52. The summed E-state index contributed by atoms with van der Waals surface area (Å²) in [4.78, 5) is 11.7. The molecule has 1 N–H and O–H groups in total. The van der Waals surface area contributed by atoms with Gasteiger partial charge in [0.2, 0.25) is 0 Å². The molecule has 4 atom stereocenters. The van der Waals surface area contributed by atoms with Crippen LogP contribution in [-0.4, -0.2) is 23.8 Å². The Labute approximate surface area is 139 Å². The van der Waals surface area contributed by atoms with Crippen molar-refractivity contribution >= 4 is 5.97 Å². The molecule has 0 bridgehead atoms. The average molecular weight is 318 g/mol. The van der Waals surface area contributed by atoms with Crippen LogP contribution in [0.2, 0.25) is 0 Å². The monoisotopic (exact) mass is 318 g/mol. The maximum absolute atomic E-state index is 11.7. The molecule has 0 aromatic heterocycles. The van der Waals surface area contributed by atoms with Crippen molar-refractivity contribution < 1.29 is 14.6 Å². The molecule has 3 heteroatoms. The van der Waals surface area contributed by atoms with Crippen LogP contribution >= 0.6 is 0 Å². The van der Waals surface area contributed by atoms with Gasteiger partial charge in [0, 0.05) is 0 Å². The van der Waals surface area contributed by atoms with Crippen LogP contribution in [0.5, 0.6) is 0 Å². The quantitative estimate of drug-likeness (QED) is 0.475. The number of hydrogen-bond acceptors (Lipinski definition) is 3. The molecule has 1 aliphatic heterocycles. The van der Waals surface area contributed by atoms with Gasteiger partial charge in [-0.3, -0.25) is 0 Å². The lowest BCUT2D eigenvalue weighted by molar-refractivity contribution is -0.135. The summed E-state index contributed by atoms with van der Waals surface area (Å²) >= 11 is 0. The fourth-order valence-corrected chi connectivity index (χ4v) is 5.64. The zero-order chi connectivity index (χ0) is 16.8. The van der Waals surface area contributed by atoms with Gasteiger partial charge in [-0.1, -0.05) is 45.4 Å². The van der Waals surface area contributed by atoms with Crippen molar-refractivity contribution in [3.05, 3.63) is 23.8 Å². The zero-order valence-corrected chi connectivity index (χ0v) is 14.7. The lowest BCUT2D eigenvalue weighted by Crippen LogP contribution is -2.49. The Bertz CT molecular complexity index is 545. The molecular weight excluding hydrogens is 288 g/mol. The van der Waals surface area contributed by atoms with E-state index in [-0.39, 0.29) is 18.0 Å². The number of fused-ring (bicyclic) bond motifs is 1. The molecule has 2 saturated carbocycles. The van der Waals surface area contributed by atoms with Crippen LogP contribution in [0.15, 0.2) is 23.8 Å². The van der Waals surface area contributed by atoms with E-state index in [1.807, 2.05) is 6.08 Å². The molecule has 0 spiro atoms. The Balaban J connectivity index is 1.86. The molecule has 0 aromatic carbocycles. The highest BCUT2D eigenvalue weighted by atomic mass is 16.6. The second-order valence-corrected chi connectivity index (χ2v) is 8.66. The number of carbonyl (C=O) groups excluding carboxylic acids is 1. The van der Waals surface area contributed by atoms with E-state index in [9.17, 15) is 9.90 Å². The summed E-state index contributed by atoms with van der Waals surface area (Å²) in [7, 11) is 0. The molecule has 3 fully saturated rings. The summed E-state index contributed by atoms with van der Waals surface area (Å²) in [5.74, 6) is 0.747. The molecule has 0 aromatic rings. The van der Waals surface area contributed by atoms with E-state index >= 15 is 0 Å². The van der Waals surface area contributed by atoms with Crippen LogP contribution in [0.3, 0.4) is 0 Å². The largest absolute Gasteiger partial charge is 0.459 e. The minimum Gasteiger partial charge on any atom is -0.459 e. The first-order chi connectivity index (χ1) is 10.8. The summed E-state index contributed by atoms with van der Waals surface area (Å²) in [6.45, 7) is 11.7. The number of esters is 1. The summed E-state index contributed by atoms with van der Waals surface area (Å²) in [5, 5.41) is 9.90. The van der Waals surface area contributed by atoms with Crippen molar-refractivity contribution in [2.45, 2.75) is 65.4 Å². The van der Waals surface area contributed by atoms with Gasteiger partial charge < -0.3 is 9.84 Å². The van der Waals surface area contributed by atoms with Gasteiger partial charge in [-0.05, 0) is 54.8 Å². The highest BCUT2D eigenvalue weighted by molar-refractivity contribution is 5.91. The van der Waals surface area contributed by atoms with E-state index in [4.69, 9.17) is 4.74 Å². The standard InChI is InChI=1S/C20H30O3/c1-13-6-9-17-19(2,3)10-5-11-20(17,4)15(13)8-7-14-16(21)12-23-18(14)22/h7,15-17,21H,1,5-6,8-12H2,2-4H3/t15?,16?,17?,20-/m1/s1. The number of cyclic esters (lactones) is 1. The molecule has 23 heavy (non-hydrogen) atoms. The van der Waals surface area contributed by atoms with E-state index in [0.29, 0.717) is 22.8 Å². The van der Waals surface area contributed by atoms with Gasteiger partial charge in [0.25, 0.3) is 0 Å². The Morgan fingerprint density at radius 2 is 2.09 bits per heavy atom. The number of aliphatic hydroxyl groups is 1. The molecule has 0 amide bonds. The number of hydrogen-bond donors (Lipinski definition) is 1. The van der Waals surface area contributed by atoms with Crippen molar-refractivity contribution in [1.82, 2.24) is 0 Å². The van der Waals surface area contributed by atoms with Crippen molar-refractivity contribution in [3.8, 4) is 0 Å². The number of aliphatic hydroxyl groups excluding tert-OH is 1. The third kappa shape index (κ3) is 2.77. The van der Waals surface area contributed by atoms with Crippen LogP contribution in [0.4, 0.5) is 0 Å². The molecule has 3 unspecified atom stereocenters. The van der Waals surface area contributed by atoms with Crippen molar-refractivity contribution in [3.63, 3.8) is 0 Å². The van der Waals surface area contributed by atoms with Crippen LogP contribution in [0, 0.1) is 22.7 Å².